The van der Waals surface area contributed by atoms with Crippen LogP contribution in [0, 0.1) is 0 Å². The molecule has 0 radical (unpaired) electrons. The lowest BCUT2D eigenvalue weighted by Gasteiger charge is -2.40. The van der Waals surface area contributed by atoms with E-state index in [1.54, 1.807) is 36.4 Å². The quantitative estimate of drug-likeness (QED) is 0.208. The van der Waals surface area contributed by atoms with E-state index in [2.05, 4.69) is 4.98 Å². The highest BCUT2D eigenvalue weighted by molar-refractivity contribution is 5.69. The molecular weight excluding hydrogens is 530 g/mol. The third-order valence-electron chi connectivity index (χ3n) is 6.90. The van der Waals surface area contributed by atoms with Gasteiger partial charge in [-0.2, -0.15) is 26.3 Å². The van der Waals surface area contributed by atoms with Crippen LogP contribution in [0.2, 0.25) is 0 Å². The maximum Gasteiger partial charge on any atom is 0.416 e. The van der Waals surface area contributed by atoms with Crippen LogP contribution < -0.4 is 4.74 Å². The second-order valence-electron chi connectivity index (χ2n) is 9.26. The van der Waals surface area contributed by atoms with Gasteiger partial charge in [0.25, 0.3) is 0 Å². The molecule has 0 bridgehead atoms. The van der Waals surface area contributed by atoms with Crippen molar-refractivity contribution in [2.24, 2.45) is 0 Å². The molecule has 5 aromatic rings. The Bertz CT molecular complexity index is 1640. The van der Waals surface area contributed by atoms with Crippen molar-refractivity contribution in [1.82, 2.24) is 9.97 Å². The summed E-state index contributed by atoms with van der Waals surface area (Å²) in [4.78, 5) is 9.47. The number of aromatic nitrogens is 2. The molecule has 40 heavy (non-hydrogen) atoms. The van der Waals surface area contributed by atoms with Gasteiger partial charge in [-0.3, -0.25) is 9.97 Å². The molecule has 0 saturated heterocycles. The van der Waals surface area contributed by atoms with Crippen molar-refractivity contribution >= 4 is 0 Å². The van der Waals surface area contributed by atoms with Crippen LogP contribution >= 0.6 is 0 Å². The number of rotatable bonds is 3. The molecule has 0 saturated carbocycles. The monoisotopic (exact) mass is 548 g/mol. The summed E-state index contributed by atoms with van der Waals surface area (Å²) in [6, 6.07) is 25.5. The zero-order valence-electron chi connectivity index (χ0n) is 20.5. The summed E-state index contributed by atoms with van der Waals surface area (Å²) in [7, 11) is 0. The van der Waals surface area contributed by atoms with Gasteiger partial charge in [-0.15, -0.1) is 0 Å². The molecule has 1 aliphatic rings. The molecule has 1 aliphatic heterocycles. The summed E-state index contributed by atoms with van der Waals surface area (Å²) in [6.07, 6.45) is -7.89. The number of hydrogen-bond acceptors (Lipinski definition) is 3. The van der Waals surface area contributed by atoms with Gasteiger partial charge in [0.15, 0.2) is 0 Å². The minimum atomic E-state index is -4.70. The Morgan fingerprint density at radius 2 is 1.15 bits per heavy atom. The molecule has 0 N–H and O–H groups in total. The molecule has 6 rings (SSSR count). The van der Waals surface area contributed by atoms with Gasteiger partial charge < -0.3 is 4.74 Å². The number of hydrogen-bond donors (Lipinski definition) is 0. The Morgan fingerprint density at radius 3 is 1.70 bits per heavy atom. The summed E-state index contributed by atoms with van der Waals surface area (Å²) in [5, 5.41) is 0. The SMILES string of the molecule is FC(F)(F)c1ccc2c(c1)Oc1cc(C(F)(F)F)ccc1C2(c1ccccn1)c1cccc(-c2ccccc2)n1. The minimum Gasteiger partial charge on any atom is -0.457 e. The first-order valence-electron chi connectivity index (χ1n) is 12.1. The lowest BCUT2D eigenvalue weighted by atomic mass is 9.67. The van der Waals surface area contributed by atoms with E-state index in [9.17, 15) is 26.3 Å². The van der Waals surface area contributed by atoms with E-state index in [-0.39, 0.29) is 22.6 Å². The molecule has 3 nitrogen and oxygen atoms in total. The zero-order chi connectivity index (χ0) is 28.1. The summed E-state index contributed by atoms with van der Waals surface area (Å²) in [5.74, 6) is -0.474. The number of halogens is 6. The maximum atomic E-state index is 13.7. The summed E-state index contributed by atoms with van der Waals surface area (Å²) >= 11 is 0. The molecule has 9 heteroatoms. The zero-order valence-corrected chi connectivity index (χ0v) is 20.5. The first-order valence-corrected chi connectivity index (χ1v) is 12.1. The van der Waals surface area contributed by atoms with Crippen LogP contribution in [-0.2, 0) is 17.8 Å². The van der Waals surface area contributed by atoms with Gasteiger partial charge in [-0.05, 0) is 48.5 Å². The minimum absolute atomic E-state index is 0.237. The van der Waals surface area contributed by atoms with Crippen LogP contribution in [0.4, 0.5) is 26.3 Å². The highest BCUT2D eigenvalue weighted by Gasteiger charge is 2.49. The Morgan fingerprint density at radius 1 is 0.575 bits per heavy atom. The molecule has 0 amide bonds. The van der Waals surface area contributed by atoms with E-state index in [1.807, 2.05) is 30.3 Å². The van der Waals surface area contributed by atoms with Crippen LogP contribution in [0.3, 0.4) is 0 Å². The van der Waals surface area contributed by atoms with Crippen molar-refractivity contribution in [3.05, 3.63) is 143 Å². The van der Waals surface area contributed by atoms with Gasteiger partial charge in [-0.25, -0.2) is 0 Å². The van der Waals surface area contributed by atoms with Crippen LogP contribution in [0.1, 0.15) is 33.6 Å². The molecule has 3 heterocycles. The summed E-state index contributed by atoms with van der Waals surface area (Å²) in [6.45, 7) is 0. The standard InChI is InChI=1S/C31H18F6N2O/c32-30(33,34)20-12-14-22-25(17-20)40-26-18-21(31(35,36)37)13-15-23(26)29(22,27-10-4-5-16-38-27)28-11-6-9-24(39-28)19-7-2-1-3-8-19/h1-18H. The van der Waals surface area contributed by atoms with Crippen molar-refractivity contribution < 1.29 is 31.1 Å². The molecule has 0 aliphatic carbocycles. The highest BCUT2D eigenvalue weighted by Crippen LogP contribution is 2.56. The molecule has 3 aromatic carbocycles. The molecule has 0 unspecified atom stereocenters. The predicted molar refractivity (Wildman–Crippen MR) is 136 cm³/mol. The van der Waals surface area contributed by atoms with Gasteiger partial charge in [0.05, 0.1) is 28.2 Å². The first kappa shape index (κ1) is 25.6. The van der Waals surface area contributed by atoms with E-state index >= 15 is 0 Å². The number of alkyl halides is 6. The van der Waals surface area contributed by atoms with E-state index in [0.717, 1.165) is 29.8 Å². The maximum absolute atomic E-state index is 13.7. The van der Waals surface area contributed by atoms with Gasteiger partial charge in [0.2, 0.25) is 0 Å². The van der Waals surface area contributed by atoms with Crippen LogP contribution in [0.25, 0.3) is 11.3 Å². The molecular formula is C31H18F6N2O. The smallest absolute Gasteiger partial charge is 0.416 e. The Kier molecular flexibility index (Phi) is 5.90. The average molecular weight is 548 g/mol. The fraction of sp³-hybridized carbons (Fsp3) is 0.0968. The number of benzene rings is 3. The molecule has 0 spiro atoms. The third kappa shape index (κ3) is 4.18. The molecule has 2 aromatic heterocycles. The molecule has 0 atom stereocenters. The normalized spacial score (nSPS) is 14.2. The van der Waals surface area contributed by atoms with Crippen molar-refractivity contribution in [3.63, 3.8) is 0 Å². The molecule has 200 valence electrons. The van der Waals surface area contributed by atoms with Gasteiger partial charge in [0, 0.05) is 22.9 Å². The van der Waals surface area contributed by atoms with Crippen molar-refractivity contribution in [3.8, 4) is 22.8 Å². The van der Waals surface area contributed by atoms with E-state index in [1.165, 1.54) is 18.3 Å². The number of fused-ring (bicyclic) bond motifs is 2. The summed E-state index contributed by atoms with van der Waals surface area (Å²) in [5.41, 5.74) is -0.882. The predicted octanol–water partition coefficient (Wildman–Crippen LogP) is 8.67. The summed E-state index contributed by atoms with van der Waals surface area (Å²) < 4.78 is 88.2. The largest absolute Gasteiger partial charge is 0.457 e. The topological polar surface area (TPSA) is 35.0 Å². The van der Waals surface area contributed by atoms with Crippen molar-refractivity contribution in [1.29, 1.82) is 0 Å². The third-order valence-corrected chi connectivity index (χ3v) is 6.90. The van der Waals surface area contributed by atoms with Gasteiger partial charge in [-0.1, -0.05) is 54.6 Å². The van der Waals surface area contributed by atoms with Gasteiger partial charge in [0.1, 0.15) is 16.9 Å². The highest BCUT2D eigenvalue weighted by atomic mass is 19.4. The second kappa shape index (κ2) is 9.22. The Hall–Kier alpha value is -4.66. The number of ether oxygens (including phenoxy) is 1. The number of nitrogens with zero attached hydrogens (tertiary/aromatic N) is 2. The van der Waals surface area contributed by atoms with Crippen LogP contribution in [0.5, 0.6) is 11.5 Å². The average Bonchev–Trinajstić information content (AvgIpc) is 2.95. The number of pyridine rings is 2. The van der Waals surface area contributed by atoms with E-state index in [0.29, 0.717) is 17.1 Å². The van der Waals surface area contributed by atoms with Crippen molar-refractivity contribution in [2.45, 2.75) is 17.8 Å². The van der Waals surface area contributed by atoms with Gasteiger partial charge >= 0.3 is 12.4 Å². The van der Waals surface area contributed by atoms with E-state index in [4.69, 9.17) is 9.72 Å². The fourth-order valence-electron chi connectivity index (χ4n) is 5.13. The van der Waals surface area contributed by atoms with Crippen LogP contribution in [-0.4, -0.2) is 9.97 Å². The molecule has 0 fully saturated rings. The fourth-order valence-corrected chi connectivity index (χ4v) is 5.13. The van der Waals surface area contributed by atoms with Crippen molar-refractivity contribution in [2.75, 3.05) is 0 Å². The lowest BCUT2D eigenvalue weighted by Crippen LogP contribution is -2.36. The Balaban J connectivity index is 1.72. The Labute approximate surface area is 224 Å². The lowest BCUT2D eigenvalue weighted by molar-refractivity contribution is -0.138. The second-order valence-corrected chi connectivity index (χ2v) is 9.26. The first-order chi connectivity index (χ1) is 19.1. The van der Waals surface area contributed by atoms with Crippen LogP contribution in [0.15, 0.2) is 109 Å². The van der Waals surface area contributed by atoms with E-state index < -0.39 is 28.9 Å².